The van der Waals surface area contributed by atoms with E-state index in [2.05, 4.69) is 44.8 Å². The molecule has 6 heteroatoms. The molecule has 5 nitrogen and oxygen atoms in total. The highest BCUT2D eigenvalue weighted by atomic mass is 19.1. The zero-order valence-electron chi connectivity index (χ0n) is 16.3. The number of hydrogen-bond acceptors (Lipinski definition) is 4. The molecule has 5 rings (SSSR count). The summed E-state index contributed by atoms with van der Waals surface area (Å²) in [5.74, 6) is -0.197. The van der Waals surface area contributed by atoms with E-state index in [1.54, 1.807) is 18.3 Å². The van der Waals surface area contributed by atoms with Crippen molar-refractivity contribution in [3.63, 3.8) is 0 Å². The van der Waals surface area contributed by atoms with Crippen molar-refractivity contribution in [1.29, 1.82) is 0 Å². The van der Waals surface area contributed by atoms with E-state index in [0.717, 1.165) is 25.2 Å². The van der Waals surface area contributed by atoms with Crippen LogP contribution < -0.4 is 15.5 Å². The zero-order chi connectivity index (χ0) is 20.5. The van der Waals surface area contributed by atoms with Gasteiger partial charge in [0, 0.05) is 54.5 Å². The number of pyridine rings is 1. The Morgan fingerprint density at radius 3 is 2.70 bits per heavy atom. The second-order valence-corrected chi connectivity index (χ2v) is 7.58. The molecule has 1 aromatic heterocycles. The first kappa shape index (κ1) is 18.4. The van der Waals surface area contributed by atoms with Gasteiger partial charge in [0.2, 0.25) is 0 Å². The van der Waals surface area contributed by atoms with Gasteiger partial charge >= 0.3 is 0 Å². The van der Waals surface area contributed by atoms with Crippen LogP contribution in [0.5, 0.6) is 0 Å². The summed E-state index contributed by atoms with van der Waals surface area (Å²) in [6.45, 7) is 2.00. The van der Waals surface area contributed by atoms with Crippen molar-refractivity contribution < 1.29 is 9.18 Å². The Kier molecular flexibility index (Phi) is 4.67. The summed E-state index contributed by atoms with van der Waals surface area (Å²) in [5.41, 5.74) is 4.45. The molecule has 0 saturated carbocycles. The van der Waals surface area contributed by atoms with Crippen molar-refractivity contribution >= 4 is 28.5 Å². The summed E-state index contributed by atoms with van der Waals surface area (Å²) >= 11 is 0. The van der Waals surface area contributed by atoms with Crippen LogP contribution >= 0.6 is 0 Å². The molecule has 0 radical (unpaired) electrons. The van der Waals surface area contributed by atoms with Gasteiger partial charge in [-0.25, -0.2) is 4.39 Å². The average Bonchev–Trinajstić information content (AvgIpc) is 3.39. The number of halogens is 1. The van der Waals surface area contributed by atoms with Crippen molar-refractivity contribution in [1.82, 2.24) is 4.98 Å². The first-order chi connectivity index (χ1) is 14.7. The first-order valence-corrected chi connectivity index (χ1v) is 10.0. The minimum atomic E-state index is -0.410. The third-order valence-corrected chi connectivity index (χ3v) is 5.76. The van der Waals surface area contributed by atoms with E-state index in [4.69, 9.17) is 0 Å². The average molecular weight is 400 g/mol. The van der Waals surface area contributed by atoms with Gasteiger partial charge in [0.15, 0.2) is 0 Å². The Morgan fingerprint density at radius 2 is 1.90 bits per heavy atom. The number of carbonyl (C=O) groups is 1. The normalized spacial score (nSPS) is 19.1. The third kappa shape index (κ3) is 3.41. The highest BCUT2D eigenvalue weighted by molar-refractivity contribution is 6.31. The number of nitrogens with one attached hydrogen (secondary N) is 2. The van der Waals surface area contributed by atoms with E-state index in [-0.39, 0.29) is 5.91 Å². The minimum absolute atomic E-state index is 0.298. The van der Waals surface area contributed by atoms with Gasteiger partial charge in [-0.3, -0.25) is 9.78 Å². The Labute approximate surface area is 174 Å². The van der Waals surface area contributed by atoms with E-state index >= 15 is 0 Å². The lowest BCUT2D eigenvalue weighted by Crippen LogP contribution is -2.19. The van der Waals surface area contributed by atoms with E-state index in [9.17, 15) is 9.18 Å². The summed E-state index contributed by atoms with van der Waals surface area (Å²) in [7, 11) is 0. The second kappa shape index (κ2) is 7.63. The molecule has 30 heavy (non-hydrogen) atoms. The van der Waals surface area contributed by atoms with Gasteiger partial charge in [-0.2, -0.15) is 0 Å². The fraction of sp³-hybridized carbons (Fsp3) is 0.167. The summed E-state index contributed by atoms with van der Waals surface area (Å²) in [5, 5.41) is 5.81. The molecule has 1 atom stereocenters. The van der Waals surface area contributed by atoms with E-state index in [1.807, 2.05) is 24.5 Å². The van der Waals surface area contributed by atoms with Crippen LogP contribution in [-0.4, -0.2) is 24.0 Å². The van der Waals surface area contributed by atoms with Crippen LogP contribution in [0.25, 0.3) is 5.57 Å². The van der Waals surface area contributed by atoms with Crippen molar-refractivity contribution in [2.24, 2.45) is 0 Å². The lowest BCUT2D eigenvalue weighted by atomic mass is 10.00. The van der Waals surface area contributed by atoms with E-state index in [0.29, 0.717) is 22.7 Å². The fourth-order valence-corrected chi connectivity index (χ4v) is 4.17. The highest BCUT2D eigenvalue weighted by Crippen LogP contribution is 2.34. The standard InChI is InChI=1S/C24H21FN4O/c25-21-2-1-3-22-23(21)20(24(30)28-22)14-27-18-4-6-19(7-5-18)29-13-10-17(15-29)16-8-11-26-12-9-16/h1-9,11-12,14,17,27H,10,13,15H2,(H,28,30)/b20-14-. The molecule has 1 amide bonds. The molecular formula is C24H21FN4O. The molecule has 2 aliphatic heterocycles. The number of amides is 1. The lowest BCUT2D eigenvalue weighted by Gasteiger charge is -2.19. The van der Waals surface area contributed by atoms with Crippen molar-refractivity contribution in [2.75, 3.05) is 28.6 Å². The van der Waals surface area contributed by atoms with Crippen LogP contribution in [0.1, 0.15) is 23.5 Å². The van der Waals surface area contributed by atoms with Gasteiger partial charge in [-0.1, -0.05) is 6.07 Å². The zero-order valence-corrected chi connectivity index (χ0v) is 16.3. The maximum Gasteiger partial charge on any atom is 0.257 e. The van der Waals surface area contributed by atoms with Crippen LogP contribution in [-0.2, 0) is 4.79 Å². The number of benzene rings is 2. The SMILES string of the molecule is O=C1Nc2cccc(F)c2/C1=C/Nc1ccc(N2CCC(c3ccncc3)C2)cc1. The molecule has 2 aromatic carbocycles. The Hall–Kier alpha value is -3.67. The number of fused-ring (bicyclic) bond motifs is 1. The van der Waals surface area contributed by atoms with Crippen molar-refractivity contribution in [3.05, 3.63) is 90.1 Å². The third-order valence-electron chi connectivity index (χ3n) is 5.76. The Bertz CT molecular complexity index is 1110. The molecule has 1 unspecified atom stereocenters. The molecule has 3 aromatic rings. The molecule has 0 aliphatic carbocycles. The quantitative estimate of drug-likeness (QED) is 0.628. The van der Waals surface area contributed by atoms with Gasteiger partial charge in [-0.15, -0.1) is 0 Å². The van der Waals surface area contributed by atoms with Crippen LogP contribution in [0.15, 0.2) is 73.2 Å². The second-order valence-electron chi connectivity index (χ2n) is 7.58. The van der Waals surface area contributed by atoms with E-state index < -0.39 is 5.82 Å². The predicted molar refractivity (Wildman–Crippen MR) is 117 cm³/mol. The molecule has 1 fully saturated rings. The number of carbonyl (C=O) groups excluding carboxylic acids is 1. The smallest absolute Gasteiger partial charge is 0.257 e. The van der Waals surface area contributed by atoms with Crippen LogP contribution in [0.3, 0.4) is 0 Å². The van der Waals surface area contributed by atoms with Gasteiger partial charge in [0.1, 0.15) is 5.82 Å². The first-order valence-electron chi connectivity index (χ1n) is 10.0. The summed E-state index contributed by atoms with van der Waals surface area (Å²) in [6, 6.07) is 16.9. The van der Waals surface area contributed by atoms with Crippen LogP contribution in [0.4, 0.5) is 21.5 Å². The molecule has 1 saturated heterocycles. The lowest BCUT2D eigenvalue weighted by molar-refractivity contribution is -0.110. The van der Waals surface area contributed by atoms with Crippen molar-refractivity contribution in [3.8, 4) is 0 Å². The number of nitrogens with zero attached hydrogens (tertiary/aromatic N) is 2. The van der Waals surface area contributed by atoms with Crippen LogP contribution in [0.2, 0.25) is 0 Å². The number of anilines is 3. The molecule has 2 N–H and O–H groups in total. The highest BCUT2D eigenvalue weighted by Gasteiger charge is 2.27. The molecule has 150 valence electrons. The number of aromatic nitrogens is 1. The van der Waals surface area contributed by atoms with Gasteiger partial charge in [0.25, 0.3) is 5.91 Å². The minimum Gasteiger partial charge on any atom is -0.371 e. The topological polar surface area (TPSA) is 57.3 Å². The van der Waals surface area contributed by atoms with E-state index in [1.165, 1.54) is 17.3 Å². The molecule has 0 bridgehead atoms. The molecule has 3 heterocycles. The van der Waals surface area contributed by atoms with Gasteiger partial charge in [-0.05, 0) is 60.5 Å². The molecule has 2 aliphatic rings. The predicted octanol–water partition coefficient (Wildman–Crippen LogP) is 4.62. The maximum atomic E-state index is 14.2. The molecular weight excluding hydrogens is 379 g/mol. The summed E-state index contributed by atoms with van der Waals surface area (Å²) in [6.07, 6.45) is 6.38. The van der Waals surface area contributed by atoms with Gasteiger partial charge in [0.05, 0.1) is 11.3 Å². The summed E-state index contributed by atoms with van der Waals surface area (Å²) in [4.78, 5) is 18.7. The maximum absolute atomic E-state index is 14.2. The Balaban J connectivity index is 1.28. The Morgan fingerprint density at radius 1 is 1.10 bits per heavy atom. The monoisotopic (exact) mass is 400 g/mol. The number of hydrogen-bond donors (Lipinski definition) is 2. The largest absolute Gasteiger partial charge is 0.371 e. The van der Waals surface area contributed by atoms with Crippen LogP contribution in [0, 0.1) is 5.82 Å². The van der Waals surface area contributed by atoms with Crippen molar-refractivity contribution in [2.45, 2.75) is 12.3 Å². The van der Waals surface area contributed by atoms with Gasteiger partial charge < -0.3 is 15.5 Å². The number of rotatable bonds is 4. The fourth-order valence-electron chi connectivity index (χ4n) is 4.17. The molecule has 0 spiro atoms. The summed E-state index contributed by atoms with van der Waals surface area (Å²) < 4.78 is 14.2.